The Morgan fingerprint density at radius 2 is 2.00 bits per heavy atom. The molecule has 0 atom stereocenters. The van der Waals surface area contributed by atoms with Crippen LogP contribution < -0.4 is 10.5 Å². The molecular weight excluding hydrogens is 327 g/mol. The van der Waals surface area contributed by atoms with Gasteiger partial charge in [0.05, 0.1) is 15.7 Å². The molecule has 0 saturated carbocycles. The zero-order valence-electron chi connectivity index (χ0n) is 8.45. The number of ether oxygens (including phenoxy) is 1. The van der Waals surface area contributed by atoms with Crippen molar-refractivity contribution in [3.8, 4) is 11.6 Å². The van der Waals surface area contributed by atoms with Gasteiger partial charge < -0.3 is 10.5 Å². The Bertz CT molecular complexity index is 563. The van der Waals surface area contributed by atoms with E-state index in [0.717, 1.165) is 4.47 Å². The molecule has 0 amide bonds. The largest absolute Gasteiger partial charge is 0.435 e. The molecule has 0 aliphatic carbocycles. The average molecular weight is 334 g/mol. The van der Waals surface area contributed by atoms with Gasteiger partial charge in [0, 0.05) is 10.7 Å². The molecule has 0 fully saturated rings. The standard InChI is InChI=1S/C11H7BrCl2N2O/c12-6-1-2-8(14)10(3-6)17-11-9(15)4-7(13)5-16-11/h1-5H,15H2. The van der Waals surface area contributed by atoms with Crippen LogP contribution in [0.5, 0.6) is 11.6 Å². The highest BCUT2D eigenvalue weighted by Gasteiger charge is 2.08. The Labute approximate surface area is 117 Å². The highest BCUT2D eigenvalue weighted by molar-refractivity contribution is 9.10. The molecule has 0 bridgehead atoms. The number of pyridine rings is 1. The second-order valence-corrected chi connectivity index (χ2v) is 4.98. The Balaban J connectivity index is 2.34. The molecule has 0 unspecified atom stereocenters. The summed E-state index contributed by atoms with van der Waals surface area (Å²) in [5, 5.41) is 0.930. The number of nitrogens with zero attached hydrogens (tertiary/aromatic N) is 1. The molecule has 0 spiro atoms. The number of nitrogen functional groups attached to an aromatic ring is 1. The molecule has 2 aromatic rings. The third-order valence-corrected chi connectivity index (χ3v) is 2.96. The second kappa shape index (κ2) is 5.12. The van der Waals surface area contributed by atoms with Crippen molar-refractivity contribution < 1.29 is 4.74 Å². The van der Waals surface area contributed by atoms with Crippen LogP contribution >= 0.6 is 39.1 Å². The predicted molar refractivity (Wildman–Crippen MR) is 72.9 cm³/mol. The quantitative estimate of drug-likeness (QED) is 0.878. The first-order valence-corrected chi connectivity index (χ1v) is 6.15. The minimum Gasteiger partial charge on any atom is -0.435 e. The Kier molecular flexibility index (Phi) is 3.76. The molecule has 3 nitrogen and oxygen atoms in total. The first-order valence-electron chi connectivity index (χ1n) is 4.60. The first-order chi connectivity index (χ1) is 8.06. The van der Waals surface area contributed by atoms with Crippen LogP contribution in [0.15, 0.2) is 34.9 Å². The number of halogens is 3. The molecule has 0 aliphatic heterocycles. The summed E-state index contributed by atoms with van der Waals surface area (Å²) in [5.74, 6) is 0.747. The van der Waals surface area contributed by atoms with Crippen molar-refractivity contribution in [3.63, 3.8) is 0 Å². The zero-order valence-corrected chi connectivity index (χ0v) is 11.6. The van der Waals surface area contributed by atoms with Gasteiger partial charge in [0.2, 0.25) is 5.88 Å². The maximum absolute atomic E-state index is 5.99. The van der Waals surface area contributed by atoms with Crippen molar-refractivity contribution in [1.82, 2.24) is 4.98 Å². The molecule has 88 valence electrons. The molecule has 1 aromatic heterocycles. The van der Waals surface area contributed by atoms with Crippen LogP contribution in [0.3, 0.4) is 0 Å². The summed E-state index contributed by atoms with van der Waals surface area (Å²) in [6, 6.07) is 6.83. The van der Waals surface area contributed by atoms with Gasteiger partial charge in [-0.25, -0.2) is 4.98 Å². The molecular formula is C11H7BrCl2N2O. The molecule has 0 saturated heterocycles. The monoisotopic (exact) mass is 332 g/mol. The summed E-state index contributed by atoms with van der Waals surface area (Å²) in [7, 11) is 0. The molecule has 0 radical (unpaired) electrons. The fourth-order valence-corrected chi connectivity index (χ4v) is 1.85. The third kappa shape index (κ3) is 3.03. The van der Waals surface area contributed by atoms with Crippen molar-refractivity contribution in [2.24, 2.45) is 0 Å². The first kappa shape index (κ1) is 12.5. The lowest BCUT2D eigenvalue weighted by atomic mass is 10.3. The van der Waals surface area contributed by atoms with Crippen molar-refractivity contribution in [1.29, 1.82) is 0 Å². The van der Waals surface area contributed by atoms with Gasteiger partial charge in [0.25, 0.3) is 0 Å². The van der Waals surface area contributed by atoms with Gasteiger partial charge in [-0.05, 0) is 24.3 Å². The van der Waals surface area contributed by atoms with E-state index in [1.54, 1.807) is 18.2 Å². The van der Waals surface area contributed by atoms with E-state index >= 15 is 0 Å². The number of nitrogens with two attached hydrogens (primary N) is 1. The highest BCUT2D eigenvalue weighted by atomic mass is 79.9. The number of rotatable bonds is 2. The summed E-state index contributed by atoms with van der Waals surface area (Å²) < 4.78 is 6.37. The Morgan fingerprint density at radius 1 is 1.24 bits per heavy atom. The summed E-state index contributed by atoms with van der Waals surface area (Å²) in [5.41, 5.74) is 6.09. The lowest BCUT2D eigenvalue weighted by molar-refractivity contribution is 0.465. The van der Waals surface area contributed by atoms with Gasteiger partial charge in [-0.3, -0.25) is 0 Å². The van der Waals surface area contributed by atoms with Crippen LogP contribution in [0.4, 0.5) is 5.69 Å². The summed E-state index contributed by atoms with van der Waals surface area (Å²) in [6.07, 6.45) is 1.46. The van der Waals surface area contributed by atoms with Gasteiger partial charge in [-0.15, -0.1) is 0 Å². The van der Waals surface area contributed by atoms with Gasteiger partial charge in [0.1, 0.15) is 5.75 Å². The summed E-state index contributed by atoms with van der Waals surface area (Å²) in [6.45, 7) is 0. The van der Waals surface area contributed by atoms with E-state index in [0.29, 0.717) is 21.5 Å². The summed E-state index contributed by atoms with van der Waals surface area (Å²) >= 11 is 15.1. The van der Waals surface area contributed by atoms with Crippen LogP contribution in [-0.2, 0) is 0 Å². The molecule has 2 N–H and O–H groups in total. The van der Waals surface area contributed by atoms with E-state index in [1.165, 1.54) is 6.20 Å². The maximum Gasteiger partial charge on any atom is 0.242 e. The fraction of sp³-hybridized carbons (Fsp3) is 0. The number of hydrogen-bond donors (Lipinski definition) is 1. The maximum atomic E-state index is 5.99. The van der Waals surface area contributed by atoms with E-state index in [9.17, 15) is 0 Å². The molecule has 17 heavy (non-hydrogen) atoms. The van der Waals surface area contributed by atoms with Gasteiger partial charge in [0.15, 0.2) is 0 Å². The minimum absolute atomic E-state index is 0.273. The van der Waals surface area contributed by atoms with Crippen molar-refractivity contribution in [2.45, 2.75) is 0 Å². The lowest BCUT2D eigenvalue weighted by Crippen LogP contribution is -1.95. The van der Waals surface area contributed by atoms with Gasteiger partial charge >= 0.3 is 0 Å². The molecule has 1 heterocycles. The predicted octanol–water partition coefficient (Wildman–Crippen LogP) is 4.53. The van der Waals surface area contributed by atoms with E-state index in [2.05, 4.69) is 20.9 Å². The number of hydrogen-bond acceptors (Lipinski definition) is 3. The van der Waals surface area contributed by atoms with E-state index in [4.69, 9.17) is 33.7 Å². The summed E-state index contributed by atoms with van der Waals surface area (Å²) in [4.78, 5) is 3.99. The van der Waals surface area contributed by atoms with Crippen LogP contribution in [0.1, 0.15) is 0 Å². The Hall–Kier alpha value is -0.970. The molecule has 1 aromatic carbocycles. The number of anilines is 1. The van der Waals surface area contributed by atoms with E-state index in [-0.39, 0.29) is 5.88 Å². The normalized spacial score (nSPS) is 10.3. The fourth-order valence-electron chi connectivity index (χ4n) is 1.19. The van der Waals surface area contributed by atoms with Crippen molar-refractivity contribution in [2.75, 3.05) is 5.73 Å². The van der Waals surface area contributed by atoms with Gasteiger partial charge in [-0.1, -0.05) is 39.1 Å². The van der Waals surface area contributed by atoms with Crippen molar-refractivity contribution >= 4 is 44.8 Å². The molecule has 6 heteroatoms. The lowest BCUT2D eigenvalue weighted by Gasteiger charge is -2.09. The highest BCUT2D eigenvalue weighted by Crippen LogP contribution is 2.33. The van der Waals surface area contributed by atoms with Crippen LogP contribution in [0.25, 0.3) is 0 Å². The second-order valence-electron chi connectivity index (χ2n) is 3.22. The van der Waals surface area contributed by atoms with Crippen LogP contribution in [0, 0.1) is 0 Å². The number of aromatic nitrogens is 1. The van der Waals surface area contributed by atoms with Crippen molar-refractivity contribution in [3.05, 3.63) is 45.0 Å². The van der Waals surface area contributed by atoms with E-state index in [1.807, 2.05) is 6.07 Å². The molecule has 2 rings (SSSR count). The average Bonchev–Trinajstić information content (AvgIpc) is 2.27. The smallest absolute Gasteiger partial charge is 0.242 e. The number of benzene rings is 1. The van der Waals surface area contributed by atoms with E-state index < -0.39 is 0 Å². The SMILES string of the molecule is Nc1cc(Cl)cnc1Oc1cc(Br)ccc1Cl. The van der Waals surface area contributed by atoms with Crippen LogP contribution in [-0.4, -0.2) is 4.98 Å². The van der Waals surface area contributed by atoms with Gasteiger partial charge in [-0.2, -0.15) is 0 Å². The topological polar surface area (TPSA) is 48.1 Å². The van der Waals surface area contributed by atoms with Crippen LogP contribution in [0.2, 0.25) is 10.0 Å². The molecule has 0 aliphatic rings. The third-order valence-electron chi connectivity index (χ3n) is 1.95. The zero-order chi connectivity index (χ0) is 12.4. The minimum atomic E-state index is 0.273. The Morgan fingerprint density at radius 3 is 2.71 bits per heavy atom.